The largest absolute Gasteiger partial charge is 0.493 e. The first kappa shape index (κ1) is 18.1. The summed E-state index contributed by atoms with van der Waals surface area (Å²) in [7, 11) is 3.26. The molecule has 5 heteroatoms. The molecule has 2 aromatic rings. The van der Waals surface area contributed by atoms with Gasteiger partial charge in [-0.3, -0.25) is 14.8 Å². The monoisotopic (exact) mass is 352 g/mol. The van der Waals surface area contributed by atoms with Crippen LogP contribution in [-0.2, 0) is 0 Å². The van der Waals surface area contributed by atoms with Gasteiger partial charge in [-0.25, -0.2) is 0 Å². The molecule has 1 unspecified atom stereocenters. The molecule has 0 saturated carbocycles. The highest BCUT2D eigenvalue weighted by molar-refractivity contribution is 6.02. The predicted molar refractivity (Wildman–Crippen MR) is 102 cm³/mol. The first-order valence-corrected chi connectivity index (χ1v) is 8.93. The SMILES string of the molecule is COc1ccc(C2=NC(CC(=O)c3ccncc3)CCCC2)cc1OC. The van der Waals surface area contributed by atoms with Crippen LogP contribution in [0.5, 0.6) is 11.5 Å². The van der Waals surface area contributed by atoms with Crippen molar-refractivity contribution in [2.75, 3.05) is 14.2 Å². The van der Waals surface area contributed by atoms with Crippen molar-refractivity contribution in [3.63, 3.8) is 0 Å². The number of methoxy groups -OCH3 is 2. The molecule has 3 rings (SSSR count). The summed E-state index contributed by atoms with van der Waals surface area (Å²) in [5.74, 6) is 1.52. The van der Waals surface area contributed by atoms with Crippen LogP contribution >= 0.6 is 0 Å². The molecule has 1 aromatic carbocycles. The van der Waals surface area contributed by atoms with Gasteiger partial charge in [0.2, 0.25) is 0 Å². The Kier molecular flexibility index (Phi) is 6.00. The molecular weight excluding hydrogens is 328 g/mol. The second-order valence-electron chi connectivity index (χ2n) is 6.41. The second-order valence-corrected chi connectivity index (χ2v) is 6.41. The van der Waals surface area contributed by atoms with Crippen LogP contribution < -0.4 is 9.47 Å². The summed E-state index contributed by atoms with van der Waals surface area (Å²) >= 11 is 0. The van der Waals surface area contributed by atoms with Crippen LogP contribution in [0.2, 0.25) is 0 Å². The summed E-state index contributed by atoms with van der Waals surface area (Å²) in [4.78, 5) is 21.4. The molecular formula is C21H24N2O3. The third-order valence-corrected chi connectivity index (χ3v) is 4.68. The Morgan fingerprint density at radius 2 is 1.85 bits per heavy atom. The van der Waals surface area contributed by atoms with E-state index in [-0.39, 0.29) is 11.8 Å². The Hall–Kier alpha value is -2.69. The van der Waals surface area contributed by atoms with E-state index < -0.39 is 0 Å². The zero-order valence-electron chi connectivity index (χ0n) is 15.3. The summed E-state index contributed by atoms with van der Waals surface area (Å²) in [6, 6.07) is 9.41. The van der Waals surface area contributed by atoms with Crippen LogP contribution in [0.4, 0.5) is 0 Å². The highest BCUT2D eigenvalue weighted by Crippen LogP contribution is 2.29. The normalized spacial score (nSPS) is 17.2. The van der Waals surface area contributed by atoms with Crippen molar-refractivity contribution >= 4 is 11.5 Å². The lowest BCUT2D eigenvalue weighted by Gasteiger charge is -2.13. The molecule has 0 saturated heterocycles. The smallest absolute Gasteiger partial charge is 0.165 e. The Morgan fingerprint density at radius 1 is 1.08 bits per heavy atom. The number of benzene rings is 1. The van der Waals surface area contributed by atoms with Gasteiger partial charge in [0, 0.05) is 30.1 Å². The van der Waals surface area contributed by atoms with E-state index in [1.165, 1.54) is 0 Å². The number of carbonyl (C=O) groups excluding carboxylic acids is 1. The minimum Gasteiger partial charge on any atom is -0.493 e. The average molecular weight is 352 g/mol. The van der Waals surface area contributed by atoms with Crippen LogP contribution in [0.1, 0.15) is 48.0 Å². The van der Waals surface area contributed by atoms with Gasteiger partial charge in [-0.1, -0.05) is 6.42 Å². The van der Waals surface area contributed by atoms with Gasteiger partial charge in [-0.2, -0.15) is 0 Å². The number of carbonyl (C=O) groups is 1. The summed E-state index contributed by atoms with van der Waals surface area (Å²) in [6.07, 6.45) is 7.74. The van der Waals surface area contributed by atoms with Crippen molar-refractivity contribution in [3.05, 3.63) is 53.9 Å². The minimum atomic E-state index is 0.0151. The van der Waals surface area contributed by atoms with E-state index in [0.717, 1.165) is 37.0 Å². The number of rotatable bonds is 6. The molecule has 0 fully saturated rings. The molecule has 1 aromatic heterocycles. The van der Waals surface area contributed by atoms with Crippen molar-refractivity contribution in [2.45, 2.75) is 38.1 Å². The number of hydrogen-bond donors (Lipinski definition) is 0. The maximum absolute atomic E-state index is 12.5. The summed E-state index contributed by atoms with van der Waals surface area (Å²) in [5, 5.41) is 0. The van der Waals surface area contributed by atoms with E-state index in [9.17, 15) is 4.79 Å². The molecule has 26 heavy (non-hydrogen) atoms. The molecule has 1 atom stereocenters. The Labute approximate surface area is 154 Å². The number of aliphatic imine (C=N–C) groups is 1. The van der Waals surface area contributed by atoms with Gasteiger partial charge in [-0.05, 0) is 55.2 Å². The Bertz CT molecular complexity index is 787. The van der Waals surface area contributed by atoms with Gasteiger partial charge in [0.25, 0.3) is 0 Å². The fraction of sp³-hybridized carbons (Fsp3) is 0.381. The fourth-order valence-corrected chi connectivity index (χ4v) is 3.27. The van der Waals surface area contributed by atoms with Crippen molar-refractivity contribution in [2.24, 2.45) is 4.99 Å². The maximum atomic E-state index is 12.5. The van der Waals surface area contributed by atoms with E-state index >= 15 is 0 Å². The van der Waals surface area contributed by atoms with Crippen molar-refractivity contribution in [1.82, 2.24) is 4.98 Å². The highest BCUT2D eigenvalue weighted by atomic mass is 16.5. The summed E-state index contributed by atoms with van der Waals surface area (Å²) < 4.78 is 10.7. The van der Waals surface area contributed by atoms with Crippen LogP contribution in [0.15, 0.2) is 47.7 Å². The van der Waals surface area contributed by atoms with E-state index in [4.69, 9.17) is 14.5 Å². The molecule has 0 spiro atoms. The molecule has 0 N–H and O–H groups in total. The van der Waals surface area contributed by atoms with Crippen LogP contribution in [-0.4, -0.2) is 36.7 Å². The quantitative estimate of drug-likeness (QED) is 0.734. The van der Waals surface area contributed by atoms with Gasteiger partial charge in [-0.15, -0.1) is 0 Å². The first-order valence-electron chi connectivity index (χ1n) is 8.93. The molecule has 0 bridgehead atoms. The van der Waals surface area contributed by atoms with E-state index in [1.807, 2.05) is 18.2 Å². The number of aromatic nitrogens is 1. The van der Waals surface area contributed by atoms with E-state index in [0.29, 0.717) is 23.5 Å². The molecule has 0 radical (unpaired) electrons. The zero-order chi connectivity index (χ0) is 18.4. The molecule has 2 heterocycles. The second kappa shape index (κ2) is 8.61. The third kappa shape index (κ3) is 4.28. The topological polar surface area (TPSA) is 60.8 Å². The standard InChI is InChI=1S/C21H24N2O3/c1-25-20-8-7-16(13-21(20)26-2)18-6-4-3-5-17(23-18)14-19(24)15-9-11-22-12-10-15/h7-13,17H,3-6,14H2,1-2H3. The minimum absolute atomic E-state index is 0.0151. The van der Waals surface area contributed by atoms with Gasteiger partial charge in [0.1, 0.15) is 0 Å². The molecule has 1 aliphatic rings. The van der Waals surface area contributed by atoms with Crippen molar-refractivity contribution in [1.29, 1.82) is 0 Å². The molecule has 1 aliphatic heterocycles. The third-order valence-electron chi connectivity index (χ3n) is 4.68. The Balaban J connectivity index is 1.81. The lowest BCUT2D eigenvalue weighted by molar-refractivity contribution is 0.0973. The van der Waals surface area contributed by atoms with Gasteiger partial charge in [0.05, 0.1) is 20.3 Å². The fourth-order valence-electron chi connectivity index (χ4n) is 3.27. The average Bonchev–Trinajstić information content (AvgIpc) is 2.93. The molecule has 136 valence electrons. The predicted octanol–water partition coefficient (Wildman–Crippen LogP) is 4.10. The van der Waals surface area contributed by atoms with E-state index in [1.54, 1.807) is 38.7 Å². The number of Topliss-reactive ketones (excluding diaryl/α,β-unsaturated/α-hetero) is 1. The number of ether oxygens (including phenoxy) is 2. The number of pyridine rings is 1. The van der Waals surface area contributed by atoms with Crippen molar-refractivity contribution in [3.8, 4) is 11.5 Å². The zero-order valence-corrected chi connectivity index (χ0v) is 15.3. The lowest BCUT2D eigenvalue weighted by Crippen LogP contribution is -2.13. The van der Waals surface area contributed by atoms with Crippen LogP contribution in [0.25, 0.3) is 0 Å². The molecule has 5 nitrogen and oxygen atoms in total. The van der Waals surface area contributed by atoms with Crippen LogP contribution in [0.3, 0.4) is 0 Å². The van der Waals surface area contributed by atoms with Crippen molar-refractivity contribution < 1.29 is 14.3 Å². The highest BCUT2D eigenvalue weighted by Gasteiger charge is 2.19. The van der Waals surface area contributed by atoms with Gasteiger partial charge < -0.3 is 9.47 Å². The van der Waals surface area contributed by atoms with Gasteiger partial charge >= 0.3 is 0 Å². The summed E-state index contributed by atoms with van der Waals surface area (Å²) in [5.41, 5.74) is 2.77. The number of nitrogens with zero attached hydrogens (tertiary/aromatic N) is 2. The number of ketones is 1. The van der Waals surface area contributed by atoms with Gasteiger partial charge in [0.15, 0.2) is 17.3 Å². The summed E-state index contributed by atoms with van der Waals surface area (Å²) in [6.45, 7) is 0. The van der Waals surface area contributed by atoms with E-state index in [2.05, 4.69) is 4.98 Å². The lowest BCUT2D eigenvalue weighted by atomic mass is 10.0. The molecule has 0 aliphatic carbocycles. The Morgan fingerprint density at radius 3 is 2.58 bits per heavy atom. The first-order chi connectivity index (χ1) is 12.7. The van der Waals surface area contributed by atoms with Crippen LogP contribution in [0, 0.1) is 0 Å². The maximum Gasteiger partial charge on any atom is 0.165 e. The molecule has 0 amide bonds. The number of hydrogen-bond acceptors (Lipinski definition) is 5.